The molecule has 0 aliphatic heterocycles. The molecule has 1 atom stereocenters. The molecule has 0 fully saturated rings. The minimum atomic E-state index is -0.865. The zero-order valence-electron chi connectivity index (χ0n) is 21.8. The van der Waals surface area contributed by atoms with Gasteiger partial charge in [-0.3, -0.25) is 14.6 Å². The first-order valence-electron chi connectivity index (χ1n) is 12.7. The Labute approximate surface area is 232 Å². The van der Waals surface area contributed by atoms with Crippen molar-refractivity contribution in [2.75, 3.05) is 5.32 Å². The molecule has 0 saturated heterocycles. The molecule has 3 aromatic carbocycles. The lowest BCUT2D eigenvalue weighted by molar-refractivity contribution is -0.121. The van der Waals surface area contributed by atoms with Crippen molar-refractivity contribution >= 4 is 28.4 Å². The number of hydrogen-bond acceptors (Lipinski definition) is 3. The van der Waals surface area contributed by atoms with Gasteiger partial charge >= 0.3 is 0 Å². The number of fused-ring (bicyclic) bond motifs is 1. The number of pyridine rings is 1. The van der Waals surface area contributed by atoms with E-state index in [9.17, 15) is 27.2 Å². The van der Waals surface area contributed by atoms with Gasteiger partial charge < -0.3 is 15.6 Å². The van der Waals surface area contributed by atoms with E-state index >= 15 is 0 Å². The third-order valence-electron chi connectivity index (χ3n) is 6.53. The predicted molar refractivity (Wildman–Crippen MR) is 147 cm³/mol. The second-order valence-electron chi connectivity index (χ2n) is 9.59. The van der Waals surface area contributed by atoms with Gasteiger partial charge in [0.25, 0.3) is 0 Å². The summed E-state index contributed by atoms with van der Waals surface area (Å²) in [5.41, 5.74) is 2.83. The summed E-state index contributed by atoms with van der Waals surface area (Å²) in [7, 11) is 0. The molecule has 2 heterocycles. The van der Waals surface area contributed by atoms with Crippen molar-refractivity contribution in [3.8, 4) is 11.1 Å². The third kappa shape index (κ3) is 6.43. The summed E-state index contributed by atoms with van der Waals surface area (Å²) in [6.07, 6.45) is 3.00. The Kier molecular flexibility index (Phi) is 7.82. The van der Waals surface area contributed by atoms with Crippen LogP contribution in [0.25, 0.3) is 22.0 Å². The van der Waals surface area contributed by atoms with E-state index in [1.54, 1.807) is 24.4 Å². The van der Waals surface area contributed by atoms with Crippen LogP contribution in [-0.4, -0.2) is 21.8 Å². The summed E-state index contributed by atoms with van der Waals surface area (Å²) in [6, 6.07) is 13.9. The highest BCUT2D eigenvalue weighted by molar-refractivity contribution is 5.90. The van der Waals surface area contributed by atoms with Crippen LogP contribution < -0.4 is 10.6 Å². The van der Waals surface area contributed by atoms with E-state index in [1.165, 1.54) is 55.6 Å². The van der Waals surface area contributed by atoms with Crippen LogP contribution in [0.5, 0.6) is 0 Å². The highest BCUT2D eigenvalue weighted by Crippen LogP contribution is 2.32. The molecule has 5 rings (SSSR count). The molecule has 6 nitrogen and oxygen atoms in total. The second kappa shape index (κ2) is 11.6. The highest BCUT2D eigenvalue weighted by atomic mass is 19.1. The Morgan fingerprint density at radius 3 is 2.46 bits per heavy atom. The van der Waals surface area contributed by atoms with Crippen LogP contribution in [-0.2, 0) is 22.4 Å². The van der Waals surface area contributed by atoms with Crippen molar-refractivity contribution < 1.29 is 27.2 Å². The molecule has 0 bridgehead atoms. The van der Waals surface area contributed by atoms with E-state index in [-0.39, 0.29) is 24.1 Å². The van der Waals surface area contributed by atoms with Crippen LogP contribution in [0.15, 0.2) is 79.1 Å². The first kappa shape index (κ1) is 27.6. The number of anilines is 1. The number of aromatic nitrogens is 2. The number of carbonyl (C=O) groups is 2. The zero-order valence-corrected chi connectivity index (χ0v) is 21.8. The standard InChI is InChI=1S/C31H24F4N4O2/c1-17(40)38-28-12-19(4-6-26(28)35)24-3-2-8-36-31(24)29(11-18-9-22(33)14-23(34)10-18)39-30(41)13-20-16-37-27-7-5-21(32)15-25(20)27/h2-10,12,14-16,29,37H,11,13H2,1H3,(H,38,40)(H,39,41). The van der Waals surface area contributed by atoms with Crippen LogP contribution >= 0.6 is 0 Å². The van der Waals surface area contributed by atoms with Crippen molar-refractivity contribution in [3.63, 3.8) is 0 Å². The fourth-order valence-electron chi connectivity index (χ4n) is 4.81. The van der Waals surface area contributed by atoms with E-state index in [0.717, 1.165) is 6.07 Å². The number of hydrogen-bond donors (Lipinski definition) is 3. The Balaban J connectivity index is 1.52. The molecule has 0 aliphatic carbocycles. The maximum Gasteiger partial charge on any atom is 0.225 e. The SMILES string of the molecule is CC(=O)Nc1cc(-c2cccnc2C(Cc2cc(F)cc(F)c2)NC(=O)Cc2c[nH]c3ccc(F)cc23)ccc1F. The summed E-state index contributed by atoms with van der Waals surface area (Å²) in [5.74, 6) is -3.52. The number of benzene rings is 3. The number of halogens is 4. The molecule has 2 aromatic heterocycles. The van der Waals surface area contributed by atoms with Crippen molar-refractivity contribution in [3.05, 3.63) is 119 Å². The monoisotopic (exact) mass is 560 g/mol. The van der Waals surface area contributed by atoms with E-state index in [2.05, 4.69) is 20.6 Å². The van der Waals surface area contributed by atoms with Crippen LogP contribution in [0.4, 0.5) is 23.2 Å². The molecular formula is C31H24F4N4O2. The lowest BCUT2D eigenvalue weighted by Gasteiger charge is -2.22. The Hall–Kier alpha value is -4.99. The highest BCUT2D eigenvalue weighted by Gasteiger charge is 2.23. The van der Waals surface area contributed by atoms with Crippen LogP contribution in [0, 0.1) is 23.3 Å². The summed E-state index contributed by atoms with van der Waals surface area (Å²) in [4.78, 5) is 32.4. The maximum atomic E-state index is 14.4. The maximum absolute atomic E-state index is 14.4. The number of nitrogens with zero attached hydrogens (tertiary/aromatic N) is 1. The van der Waals surface area contributed by atoms with Crippen LogP contribution in [0.1, 0.15) is 29.8 Å². The van der Waals surface area contributed by atoms with Crippen molar-refractivity contribution in [1.29, 1.82) is 0 Å². The predicted octanol–water partition coefficient (Wildman–Crippen LogP) is 6.39. The number of aromatic amines is 1. The van der Waals surface area contributed by atoms with Gasteiger partial charge in [-0.25, -0.2) is 17.6 Å². The first-order chi connectivity index (χ1) is 19.7. The quantitative estimate of drug-likeness (QED) is 0.192. The summed E-state index contributed by atoms with van der Waals surface area (Å²) < 4.78 is 56.4. The Morgan fingerprint density at radius 1 is 0.927 bits per heavy atom. The number of H-pyrrole nitrogens is 1. The van der Waals surface area contributed by atoms with Crippen molar-refractivity contribution in [2.24, 2.45) is 0 Å². The minimum absolute atomic E-state index is 0.0211. The minimum Gasteiger partial charge on any atom is -0.361 e. The fourth-order valence-corrected chi connectivity index (χ4v) is 4.81. The van der Waals surface area contributed by atoms with Gasteiger partial charge in [0, 0.05) is 41.9 Å². The Bertz CT molecular complexity index is 1750. The molecule has 1 unspecified atom stereocenters. The summed E-state index contributed by atoms with van der Waals surface area (Å²) in [6.45, 7) is 1.26. The number of carbonyl (C=O) groups excluding carboxylic acids is 2. The van der Waals surface area contributed by atoms with Crippen molar-refractivity contribution in [1.82, 2.24) is 15.3 Å². The molecule has 3 N–H and O–H groups in total. The molecule has 5 aromatic rings. The van der Waals surface area contributed by atoms with Crippen LogP contribution in [0.2, 0.25) is 0 Å². The fraction of sp³-hybridized carbons (Fsp3) is 0.129. The van der Waals surface area contributed by atoms with Crippen LogP contribution in [0.3, 0.4) is 0 Å². The molecule has 41 heavy (non-hydrogen) atoms. The Morgan fingerprint density at radius 2 is 1.71 bits per heavy atom. The first-order valence-corrected chi connectivity index (χ1v) is 12.7. The molecule has 10 heteroatoms. The van der Waals surface area contributed by atoms with E-state index in [1.807, 2.05) is 0 Å². The number of rotatable bonds is 8. The molecule has 0 aliphatic rings. The number of amides is 2. The van der Waals surface area contributed by atoms with Gasteiger partial charge in [-0.2, -0.15) is 0 Å². The average molecular weight is 561 g/mol. The van der Waals surface area contributed by atoms with Crippen molar-refractivity contribution in [2.45, 2.75) is 25.8 Å². The van der Waals surface area contributed by atoms with Gasteiger partial charge in [0.05, 0.1) is 23.8 Å². The number of nitrogens with one attached hydrogen (secondary N) is 3. The largest absolute Gasteiger partial charge is 0.361 e. The topological polar surface area (TPSA) is 86.9 Å². The molecule has 0 radical (unpaired) electrons. The summed E-state index contributed by atoms with van der Waals surface area (Å²) in [5, 5.41) is 5.91. The second-order valence-corrected chi connectivity index (χ2v) is 9.59. The van der Waals surface area contributed by atoms with Gasteiger partial charge in [-0.05, 0) is 71.6 Å². The molecule has 208 valence electrons. The van der Waals surface area contributed by atoms with Gasteiger partial charge in [-0.1, -0.05) is 12.1 Å². The van der Waals surface area contributed by atoms with E-state index in [0.29, 0.717) is 33.3 Å². The lowest BCUT2D eigenvalue weighted by Crippen LogP contribution is -2.32. The normalized spacial score (nSPS) is 11.8. The lowest BCUT2D eigenvalue weighted by atomic mass is 9.95. The van der Waals surface area contributed by atoms with E-state index in [4.69, 9.17) is 0 Å². The third-order valence-corrected chi connectivity index (χ3v) is 6.53. The van der Waals surface area contributed by atoms with E-state index < -0.39 is 41.1 Å². The average Bonchev–Trinajstić information content (AvgIpc) is 3.30. The molecule has 0 saturated carbocycles. The van der Waals surface area contributed by atoms with Gasteiger partial charge in [0.2, 0.25) is 11.8 Å². The smallest absolute Gasteiger partial charge is 0.225 e. The van der Waals surface area contributed by atoms with Gasteiger partial charge in [0.1, 0.15) is 23.3 Å². The van der Waals surface area contributed by atoms with Gasteiger partial charge in [0.15, 0.2) is 0 Å². The summed E-state index contributed by atoms with van der Waals surface area (Å²) >= 11 is 0. The van der Waals surface area contributed by atoms with Gasteiger partial charge in [-0.15, -0.1) is 0 Å². The zero-order chi connectivity index (χ0) is 29.1. The molecular weight excluding hydrogens is 536 g/mol. The molecule has 0 spiro atoms. The molecule has 2 amide bonds.